The summed E-state index contributed by atoms with van der Waals surface area (Å²) in [6.45, 7) is 4.29. The maximum Gasteiger partial charge on any atom is 0.0702 e. The lowest BCUT2D eigenvalue weighted by Crippen LogP contribution is -2.37. The van der Waals surface area contributed by atoms with Crippen LogP contribution in [-0.4, -0.2) is 43.0 Å². The number of hydrogen-bond donors (Lipinski definition) is 1. The van der Waals surface area contributed by atoms with E-state index < -0.39 is 0 Å². The fraction of sp³-hybridized carbons (Fsp3) is 1.00. The molecule has 2 nitrogen and oxygen atoms in total. The summed E-state index contributed by atoms with van der Waals surface area (Å²) in [4.78, 5) is 2.43. The van der Waals surface area contributed by atoms with Crippen molar-refractivity contribution in [2.24, 2.45) is 0 Å². The van der Waals surface area contributed by atoms with Gasteiger partial charge in [-0.3, -0.25) is 0 Å². The summed E-state index contributed by atoms with van der Waals surface area (Å²) < 4.78 is 5.54. The summed E-state index contributed by atoms with van der Waals surface area (Å²) in [5.74, 6) is 1.00. The van der Waals surface area contributed by atoms with Crippen molar-refractivity contribution < 1.29 is 4.74 Å². The van der Waals surface area contributed by atoms with Crippen LogP contribution in [0.4, 0.5) is 0 Å². The van der Waals surface area contributed by atoms with Crippen molar-refractivity contribution in [3.8, 4) is 0 Å². The van der Waals surface area contributed by atoms with Gasteiger partial charge in [0, 0.05) is 12.6 Å². The molecule has 0 radical (unpaired) electrons. The van der Waals surface area contributed by atoms with E-state index in [0.717, 1.165) is 12.4 Å². The number of hydrogen-bond acceptors (Lipinski definition) is 3. The van der Waals surface area contributed by atoms with E-state index in [1.54, 1.807) is 0 Å². The van der Waals surface area contributed by atoms with E-state index in [2.05, 4.69) is 31.5 Å². The Balaban J connectivity index is 2.18. The van der Waals surface area contributed by atoms with E-state index in [4.69, 9.17) is 4.74 Å². The third-order valence-electron chi connectivity index (χ3n) is 2.82. The molecule has 0 amide bonds. The molecule has 3 heteroatoms. The van der Waals surface area contributed by atoms with Crippen LogP contribution in [0, 0.1) is 0 Å². The van der Waals surface area contributed by atoms with Crippen LogP contribution >= 0.6 is 12.6 Å². The predicted octanol–water partition coefficient (Wildman–Crippen LogP) is 1.81. The van der Waals surface area contributed by atoms with Gasteiger partial charge in [0.1, 0.15) is 0 Å². The third-order valence-corrected chi connectivity index (χ3v) is 3.14. The third kappa shape index (κ3) is 3.49. The summed E-state index contributed by atoms with van der Waals surface area (Å²) >= 11 is 4.21. The van der Waals surface area contributed by atoms with Gasteiger partial charge in [-0.2, -0.15) is 12.6 Å². The molecular formula is C10H21NOS. The molecule has 1 rings (SSSR count). The zero-order chi connectivity index (χ0) is 9.68. The van der Waals surface area contributed by atoms with Crippen LogP contribution in [-0.2, 0) is 4.74 Å². The monoisotopic (exact) mass is 203 g/mol. The van der Waals surface area contributed by atoms with Crippen molar-refractivity contribution in [2.75, 3.05) is 26.0 Å². The molecule has 1 heterocycles. The second-order valence-electron chi connectivity index (χ2n) is 3.84. The van der Waals surface area contributed by atoms with E-state index in [-0.39, 0.29) is 0 Å². The molecule has 0 N–H and O–H groups in total. The van der Waals surface area contributed by atoms with Crippen LogP contribution in [0.25, 0.3) is 0 Å². The summed E-state index contributed by atoms with van der Waals surface area (Å²) in [6.07, 6.45) is 4.08. The van der Waals surface area contributed by atoms with Crippen LogP contribution in [0.5, 0.6) is 0 Å². The van der Waals surface area contributed by atoms with Crippen molar-refractivity contribution in [3.05, 3.63) is 0 Å². The van der Waals surface area contributed by atoms with E-state index in [9.17, 15) is 0 Å². The Labute approximate surface area is 87.0 Å². The van der Waals surface area contributed by atoms with Gasteiger partial charge in [-0.25, -0.2) is 0 Å². The molecule has 2 unspecified atom stereocenters. The maximum atomic E-state index is 5.54. The first kappa shape index (κ1) is 11.3. The second kappa shape index (κ2) is 5.89. The largest absolute Gasteiger partial charge is 0.377 e. The van der Waals surface area contributed by atoms with Gasteiger partial charge in [0.25, 0.3) is 0 Å². The molecule has 0 aromatic carbocycles. The molecule has 13 heavy (non-hydrogen) atoms. The number of nitrogens with zero attached hydrogens (tertiary/aromatic N) is 1. The topological polar surface area (TPSA) is 12.5 Å². The highest BCUT2D eigenvalue weighted by Crippen LogP contribution is 2.18. The van der Waals surface area contributed by atoms with Gasteiger partial charge in [-0.05, 0) is 45.5 Å². The first-order chi connectivity index (χ1) is 6.25. The lowest BCUT2D eigenvalue weighted by molar-refractivity contribution is 0.0833. The van der Waals surface area contributed by atoms with Crippen LogP contribution in [0.2, 0.25) is 0 Å². The van der Waals surface area contributed by atoms with Crippen LogP contribution in [0.15, 0.2) is 0 Å². The van der Waals surface area contributed by atoms with Crippen molar-refractivity contribution in [2.45, 2.75) is 38.3 Å². The zero-order valence-corrected chi connectivity index (χ0v) is 9.59. The van der Waals surface area contributed by atoms with Gasteiger partial charge >= 0.3 is 0 Å². The normalized spacial score (nSPS) is 28.6. The summed E-state index contributed by atoms with van der Waals surface area (Å²) in [6, 6.07) is 0.639. The fourth-order valence-electron chi connectivity index (χ4n) is 1.94. The van der Waals surface area contributed by atoms with E-state index in [1.165, 1.54) is 25.8 Å². The first-order valence-electron chi connectivity index (χ1n) is 5.18. The second-order valence-corrected chi connectivity index (χ2v) is 4.29. The number of likely N-dealkylation sites (N-methyl/N-ethyl adjacent to an activating group) is 1. The van der Waals surface area contributed by atoms with Crippen molar-refractivity contribution in [1.29, 1.82) is 0 Å². The highest BCUT2D eigenvalue weighted by molar-refractivity contribution is 7.80. The van der Waals surface area contributed by atoms with Crippen molar-refractivity contribution in [3.63, 3.8) is 0 Å². The lowest BCUT2D eigenvalue weighted by Gasteiger charge is -2.26. The molecule has 0 bridgehead atoms. The summed E-state index contributed by atoms with van der Waals surface area (Å²) in [5.41, 5.74) is 0. The average molecular weight is 203 g/mol. The maximum absolute atomic E-state index is 5.54. The first-order valence-corrected chi connectivity index (χ1v) is 5.81. The molecule has 78 valence electrons. The fourth-order valence-corrected chi connectivity index (χ4v) is 2.16. The van der Waals surface area contributed by atoms with Gasteiger partial charge in [0.15, 0.2) is 0 Å². The Hall–Kier alpha value is 0.270. The quantitative estimate of drug-likeness (QED) is 0.540. The summed E-state index contributed by atoms with van der Waals surface area (Å²) in [5, 5.41) is 0. The van der Waals surface area contributed by atoms with E-state index in [1.807, 2.05) is 0 Å². The molecule has 2 atom stereocenters. The molecule has 1 saturated heterocycles. The number of thiol groups is 1. The molecule has 1 aliphatic rings. The predicted molar refractivity (Wildman–Crippen MR) is 59.5 cm³/mol. The van der Waals surface area contributed by atoms with Gasteiger partial charge in [0.05, 0.1) is 6.10 Å². The highest BCUT2D eigenvalue weighted by atomic mass is 32.1. The molecule has 0 aliphatic carbocycles. The van der Waals surface area contributed by atoms with E-state index >= 15 is 0 Å². The molecule has 1 fully saturated rings. The molecule has 0 aromatic rings. The van der Waals surface area contributed by atoms with Gasteiger partial charge in [0.2, 0.25) is 0 Å². The summed E-state index contributed by atoms with van der Waals surface area (Å²) in [7, 11) is 2.20. The van der Waals surface area contributed by atoms with E-state index in [0.29, 0.717) is 12.1 Å². The number of unbranched alkanes of at least 4 members (excludes halogenated alkanes) is 1. The van der Waals surface area contributed by atoms with Gasteiger partial charge in [-0.15, -0.1) is 0 Å². The SMILES string of the molecule is CC1OCCC1N(C)CCCCS. The Kier molecular flexibility index (Phi) is 5.14. The molecule has 0 aromatic heterocycles. The Morgan fingerprint density at radius 2 is 2.23 bits per heavy atom. The van der Waals surface area contributed by atoms with Crippen LogP contribution < -0.4 is 0 Å². The number of rotatable bonds is 5. The molecule has 0 saturated carbocycles. The molecule has 1 aliphatic heterocycles. The highest BCUT2D eigenvalue weighted by Gasteiger charge is 2.27. The minimum absolute atomic E-state index is 0.418. The van der Waals surface area contributed by atoms with Crippen LogP contribution in [0.3, 0.4) is 0 Å². The number of ether oxygens (including phenoxy) is 1. The molecule has 0 spiro atoms. The molecular weight excluding hydrogens is 182 g/mol. The Morgan fingerprint density at radius 3 is 2.77 bits per heavy atom. The zero-order valence-electron chi connectivity index (χ0n) is 8.70. The standard InChI is InChI=1S/C10H21NOS/c1-9-10(5-7-12-9)11(2)6-3-4-8-13/h9-10,13H,3-8H2,1-2H3. The lowest BCUT2D eigenvalue weighted by atomic mass is 10.1. The van der Waals surface area contributed by atoms with Gasteiger partial charge < -0.3 is 9.64 Å². The van der Waals surface area contributed by atoms with Gasteiger partial charge in [-0.1, -0.05) is 0 Å². The average Bonchev–Trinajstić information content (AvgIpc) is 2.52. The van der Waals surface area contributed by atoms with Crippen molar-refractivity contribution >= 4 is 12.6 Å². The van der Waals surface area contributed by atoms with Crippen LogP contribution in [0.1, 0.15) is 26.2 Å². The minimum atomic E-state index is 0.418. The minimum Gasteiger partial charge on any atom is -0.377 e. The Bertz CT molecular complexity index is 143. The smallest absolute Gasteiger partial charge is 0.0702 e. The Morgan fingerprint density at radius 1 is 1.46 bits per heavy atom. The van der Waals surface area contributed by atoms with Crippen molar-refractivity contribution in [1.82, 2.24) is 4.90 Å².